The Morgan fingerprint density at radius 2 is 1.76 bits per heavy atom. The molecular weight excluding hydrogens is 331 g/mol. The summed E-state index contributed by atoms with van der Waals surface area (Å²) in [7, 11) is 0. The maximum Gasteiger partial charge on any atom is 0.416 e. The lowest BCUT2D eigenvalue weighted by Gasteiger charge is -2.16. The third-order valence-corrected chi connectivity index (χ3v) is 3.93. The van der Waals surface area contributed by atoms with Gasteiger partial charge in [-0.25, -0.2) is 0 Å². The number of nitrogens with one attached hydrogen (secondary N) is 1. The normalized spacial score (nSPS) is 12.5. The number of rotatable bonds is 6. The van der Waals surface area contributed by atoms with Crippen LogP contribution in [0.3, 0.4) is 0 Å². The largest absolute Gasteiger partial charge is 0.484 e. The highest BCUT2D eigenvalue weighted by Crippen LogP contribution is 2.30. The highest BCUT2D eigenvalue weighted by Gasteiger charge is 2.30. The van der Waals surface area contributed by atoms with E-state index >= 15 is 0 Å². The molecule has 0 bridgehead atoms. The van der Waals surface area contributed by atoms with Crippen molar-refractivity contribution in [3.05, 3.63) is 59.7 Å². The first-order valence-corrected chi connectivity index (χ1v) is 8.00. The summed E-state index contributed by atoms with van der Waals surface area (Å²) in [6.07, 6.45) is -3.45. The molecule has 0 spiro atoms. The van der Waals surface area contributed by atoms with Crippen molar-refractivity contribution in [2.75, 3.05) is 11.9 Å². The van der Waals surface area contributed by atoms with E-state index in [1.165, 1.54) is 12.1 Å². The average molecular weight is 351 g/mol. The van der Waals surface area contributed by atoms with Gasteiger partial charge >= 0.3 is 6.18 Å². The Kier molecular flexibility index (Phi) is 6.07. The molecule has 0 saturated carbocycles. The molecule has 0 unspecified atom stereocenters. The number of benzene rings is 2. The molecule has 25 heavy (non-hydrogen) atoms. The maximum absolute atomic E-state index is 12.5. The van der Waals surface area contributed by atoms with E-state index in [0.717, 1.165) is 29.8 Å². The van der Waals surface area contributed by atoms with Gasteiger partial charge < -0.3 is 10.1 Å². The Hall–Kier alpha value is -2.50. The van der Waals surface area contributed by atoms with Crippen molar-refractivity contribution in [2.24, 2.45) is 0 Å². The first-order chi connectivity index (χ1) is 11.8. The van der Waals surface area contributed by atoms with Gasteiger partial charge in [0.05, 0.1) is 5.56 Å². The summed E-state index contributed by atoms with van der Waals surface area (Å²) in [6, 6.07) is 11.8. The summed E-state index contributed by atoms with van der Waals surface area (Å²) in [6.45, 7) is 3.86. The number of carbonyl (C=O) groups excluding carboxylic acids is 1. The van der Waals surface area contributed by atoms with E-state index in [0.29, 0.717) is 5.92 Å². The fraction of sp³-hybridized carbons (Fsp3) is 0.316. The van der Waals surface area contributed by atoms with Crippen molar-refractivity contribution in [1.82, 2.24) is 0 Å². The summed E-state index contributed by atoms with van der Waals surface area (Å²) >= 11 is 0. The monoisotopic (exact) mass is 351 g/mol. The summed E-state index contributed by atoms with van der Waals surface area (Å²) in [5, 5.41) is 2.79. The topological polar surface area (TPSA) is 38.3 Å². The quantitative estimate of drug-likeness (QED) is 0.773. The molecule has 6 heteroatoms. The van der Waals surface area contributed by atoms with Gasteiger partial charge in [-0.05, 0) is 48.2 Å². The zero-order valence-electron chi connectivity index (χ0n) is 14.1. The molecular formula is C19H20F3NO2. The minimum Gasteiger partial charge on any atom is -0.484 e. The fourth-order valence-corrected chi connectivity index (χ4v) is 2.34. The summed E-state index contributed by atoms with van der Waals surface area (Å²) in [5.74, 6) is 0.140. The van der Waals surface area contributed by atoms with Gasteiger partial charge in [0, 0.05) is 5.69 Å². The molecule has 0 aliphatic rings. The van der Waals surface area contributed by atoms with E-state index in [4.69, 9.17) is 4.74 Å². The molecule has 2 rings (SSSR count). The maximum atomic E-state index is 12.5. The van der Waals surface area contributed by atoms with Crippen LogP contribution < -0.4 is 10.1 Å². The van der Waals surface area contributed by atoms with E-state index < -0.39 is 11.7 Å². The predicted molar refractivity (Wildman–Crippen MR) is 90.7 cm³/mol. The van der Waals surface area contributed by atoms with Gasteiger partial charge in [-0.2, -0.15) is 13.2 Å². The Morgan fingerprint density at radius 3 is 2.36 bits per heavy atom. The van der Waals surface area contributed by atoms with Gasteiger partial charge in [-0.15, -0.1) is 0 Å². The van der Waals surface area contributed by atoms with Gasteiger partial charge in [0.25, 0.3) is 5.91 Å². The second-order valence-corrected chi connectivity index (χ2v) is 5.76. The van der Waals surface area contributed by atoms with Crippen LogP contribution in [0.4, 0.5) is 18.9 Å². The number of ether oxygens (including phenoxy) is 1. The molecule has 1 atom stereocenters. The first kappa shape index (κ1) is 18.8. The zero-order chi connectivity index (χ0) is 18.4. The summed E-state index contributed by atoms with van der Waals surface area (Å²) in [4.78, 5) is 12.1. The van der Waals surface area contributed by atoms with Crippen LogP contribution in [0.25, 0.3) is 0 Å². The van der Waals surface area contributed by atoms with Gasteiger partial charge in [0.1, 0.15) is 5.75 Å². The highest BCUT2D eigenvalue weighted by molar-refractivity contribution is 5.92. The standard InChI is InChI=1S/C19H20F3NO2/c1-3-13(2)16-6-4-5-7-17(16)23-18(24)12-25-15-10-8-14(9-11-15)19(20,21)22/h4-11,13H,3,12H2,1-2H3,(H,23,24)/t13-/m0/s1. The molecule has 134 valence electrons. The van der Waals surface area contributed by atoms with Gasteiger partial charge in [0.15, 0.2) is 6.61 Å². The second kappa shape index (κ2) is 8.05. The molecule has 0 aliphatic heterocycles. The van der Waals surface area contributed by atoms with E-state index in [-0.39, 0.29) is 18.3 Å². The minimum absolute atomic E-state index is 0.207. The lowest BCUT2D eigenvalue weighted by atomic mass is 9.97. The van der Waals surface area contributed by atoms with Crippen LogP contribution in [0.15, 0.2) is 48.5 Å². The number of alkyl halides is 3. The van der Waals surface area contributed by atoms with Gasteiger partial charge in [-0.3, -0.25) is 4.79 Å². The van der Waals surface area contributed by atoms with Crippen molar-refractivity contribution < 1.29 is 22.7 Å². The number of para-hydroxylation sites is 1. The number of hydrogen-bond acceptors (Lipinski definition) is 2. The van der Waals surface area contributed by atoms with E-state index in [1.807, 2.05) is 24.3 Å². The SMILES string of the molecule is CC[C@H](C)c1ccccc1NC(=O)COc1ccc(C(F)(F)F)cc1. The zero-order valence-corrected chi connectivity index (χ0v) is 14.1. The number of hydrogen-bond donors (Lipinski definition) is 1. The molecule has 0 saturated heterocycles. The van der Waals surface area contributed by atoms with Crippen LogP contribution in [0.1, 0.15) is 37.3 Å². The molecule has 2 aromatic carbocycles. The molecule has 0 heterocycles. The number of amides is 1. The van der Waals surface area contributed by atoms with E-state index in [2.05, 4.69) is 19.2 Å². The van der Waals surface area contributed by atoms with E-state index in [9.17, 15) is 18.0 Å². The van der Waals surface area contributed by atoms with Gasteiger partial charge in [0.2, 0.25) is 0 Å². The molecule has 0 radical (unpaired) electrons. The Labute approximate surface area is 144 Å². The lowest BCUT2D eigenvalue weighted by Crippen LogP contribution is -2.21. The highest BCUT2D eigenvalue weighted by atomic mass is 19.4. The molecule has 0 aliphatic carbocycles. The molecule has 2 aromatic rings. The Bertz CT molecular complexity index is 711. The van der Waals surface area contributed by atoms with Crippen molar-refractivity contribution in [3.8, 4) is 5.75 Å². The third-order valence-electron chi connectivity index (χ3n) is 3.93. The van der Waals surface area contributed by atoms with Crippen LogP contribution >= 0.6 is 0 Å². The number of carbonyl (C=O) groups is 1. The summed E-state index contributed by atoms with van der Waals surface area (Å²) in [5.41, 5.74) is 0.998. The Morgan fingerprint density at radius 1 is 1.12 bits per heavy atom. The minimum atomic E-state index is -4.39. The van der Waals surface area contributed by atoms with Crippen molar-refractivity contribution in [2.45, 2.75) is 32.4 Å². The van der Waals surface area contributed by atoms with Crippen molar-refractivity contribution in [3.63, 3.8) is 0 Å². The predicted octanol–water partition coefficient (Wildman–Crippen LogP) is 5.24. The molecule has 0 aromatic heterocycles. The van der Waals surface area contributed by atoms with Crippen molar-refractivity contribution >= 4 is 11.6 Å². The van der Waals surface area contributed by atoms with Crippen molar-refractivity contribution in [1.29, 1.82) is 0 Å². The van der Waals surface area contributed by atoms with E-state index in [1.54, 1.807) is 0 Å². The molecule has 3 nitrogen and oxygen atoms in total. The van der Waals surface area contributed by atoms with Gasteiger partial charge in [-0.1, -0.05) is 32.0 Å². The number of halogens is 3. The van der Waals surface area contributed by atoms with Crippen LogP contribution in [0.5, 0.6) is 5.75 Å². The average Bonchev–Trinajstić information content (AvgIpc) is 2.59. The van der Waals surface area contributed by atoms with Crippen LogP contribution in [-0.2, 0) is 11.0 Å². The molecule has 1 amide bonds. The lowest BCUT2D eigenvalue weighted by molar-refractivity contribution is -0.137. The van der Waals surface area contributed by atoms with Crippen LogP contribution in [0, 0.1) is 0 Å². The number of anilines is 1. The smallest absolute Gasteiger partial charge is 0.416 e. The molecule has 1 N–H and O–H groups in total. The fourth-order valence-electron chi connectivity index (χ4n) is 2.34. The summed E-state index contributed by atoms with van der Waals surface area (Å²) < 4.78 is 42.8. The molecule has 0 fully saturated rings. The van der Waals surface area contributed by atoms with Crippen LogP contribution in [0.2, 0.25) is 0 Å². The van der Waals surface area contributed by atoms with Crippen LogP contribution in [-0.4, -0.2) is 12.5 Å². The second-order valence-electron chi connectivity index (χ2n) is 5.76. The third kappa shape index (κ3) is 5.24. The Balaban J connectivity index is 1.95. The first-order valence-electron chi connectivity index (χ1n) is 8.00.